The Hall–Kier alpha value is -1.30. The summed E-state index contributed by atoms with van der Waals surface area (Å²) in [5.74, 6) is 0. The largest absolute Gasteiger partial charge is 0.445 e. The van der Waals surface area contributed by atoms with Crippen LogP contribution in [0.2, 0.25) is 0 Å². The Kier molecular flexibility index (Phi) is 6.62. The Balaban J connectivity index is 0.00000180. The lowest BCUT2D eigenvalue weighted by molar-refractivity contribution is -0.00772. The van der Waals surface area contributed by atoms with Crippen LogP contribution in [0.3, 0.4) is 0 Å². The molecule has 0 aromatic heterocycles. The van der Waals surface area contributed by atoms with E-state index in [0.717, 1.165) is 5.56 Å². The number of carbonyl (C=O) groups excluding carboxylic acids is 1. The second-order valence-corrected chi connectivity index (χ2v) is 4.20. The summed E-state index contributed by atoms with van der Waals surface area (Å²) in [4.78, 5) is 13.6. The molecule has 1 aliphatic rings. The molecule has 1 aliphatic heterocycles. The average molecular weight is 287 g/mol. The zero-order valence-electron chi connectivity index (χ0n) is 10.7. The minimum absolute atomic E-state index is 0. The number of benzene rings is 1. The first-order valence-electron chi connectivity index (χ1n) is 6.06. The molecule has 5 nitrogen and oxygen atoms in total. The monoisotopic (exact) mass is 286 g/mol. The van der Waals surface area contributed by atoms with Crippen LogP contribution in [0, 0.1) is 0 Å². The van der Waals surface area contributed by atoms with E-state index in [1.165, 1.54) is 0 Å². The number of carbonyl (C=O) groups is 1. The lowest BCUT2D eigenvalue weighted by atomic mass is 10.2. The van der Waals surface area contributed by atoms with Gasteiger partial charge in [-0.2, -0.15) is 0 Å². The molecule has 19 heavy (non-hydrogen) atoms. The normalized spacial score (nSPS) is 18.6. The molecule has 1 fully saturated rings. The molecule has 1 atom stereocenters. The SMILES string of the molecule is Cl.NC[C@H]1COCCN1C(=O)OCc1ccccc1. The summed E-state index contributed by atoms with van der Waals surface area (Å²) >= 11 is 0. The van der Waals surface area contributed by atoms with Gasteiger partial charge in [0.1, 0.15) is 6.61 Å². The van der Waals surface area contributed by atoms with Crippen molar-refractivity contribution in [2.24, 2.45) is 5.73 Å². The molecule has 0 radical (unpaired) electrons. The predicted molar refractivity (Wildman–Crippen MR) is 74.2 cm³/mol. The predicted octanol–water partition coefficient (Wildman–Crippen LogP) is 1.40. The number of nitrogens with zero attached hydrogens (tertiary/aromatic N) is 1. The van der Waals surface area contributed by atoms with Gasteiger partial charge in [0.2, 0.25) is 0 Å². The third-order valence-corrected chi connectivity index (χ3v) is 2.94. The fraction of sp³-hybridized carbons (Fsp3) is 0.462. The number of ether oxygens (including phenoxy) is 2. The van der Waals surface area contributed by atoms with E-state index in [4.69, 9.17) is 15.2 Å². The first kappa shape index (κ1) is 15.8. The first-order chi connectivity index (χ1) is 8.81. The zero-order valence-corrected chi connectivity index (χ0v) is 11.5. The van der Waals surface area contributed by atoms with Gasteiger partial charge in [-0.25, -0.2) is 4.79 Å². The highest BCUT2D eigenvalue weighted by molar-refractivity contribution is 5.85. The van der Waals surface area contributed by atoms with Gasteiger partial charge < -0.3 is 15.2 Å². The fourth-order valence-corrected chi connectivity index (χ4v) is 1.89. The van der Waals surface area contributed by atoms with Crippen molar-refractivity contribution >= 4 is 18.5 Å². The number of hydrogen-bond donors (Lipinski definition) is 1. The van der Waals surface area contributed by atoms with Crippen LogP contribution in [0.4, 0.5) is 4.79 Å². The molecule has 106 valence electrons. The lowest BCUT2D eigenvalue weighted by Gasteiger charge is -2.33. The Labute approximate surface area is 119 Å². The molecule has 0 aliphatic carbocycles. The molecule has 1 aromatic carbocycles. The molecular formula is C13H19ClN2O3. The van der Waals surface area contributed by atoms with Crippen molar-refractivity contribution in [3.05, 3.63) is 35.9 Å². The van der Waals surface area contributed by atoms with E-state index in [2.05, 4.69) is 0 Å². The van der Waals surface area contributed by atoms with E-state index < -0.39 is 0 Å². The van der Waals surface area contributed by atoms with Gasteiger partial charge in [-0.1, -0.05) is 30.3 Å². The molecule has 2 N–H and O–H groups in total. The highest BCUT2D eigenvalue weighted by Gasteiger charge is 2.27. The van der Waals surface area contributed by atoms with E-state index >= 15 is 0 Å². The standard InChI is InChI=1S/C13H18N2O3.ClH/c14-8-12-10-17-7-6-15(12)13(16)18-9-11-4-2-1-3-5-11;/h1-5,12H,6-10,14H2;1H/t12-;/m0./s1. The second-order valence-electron chi connectivity index (χ2n) is 4.20. The van der Waals surface area contributed by atoms with Gasteiger partial charge in [0, 0.05) is 13.1 Å². The highest BCUT2D eigenvalue weighted by atomic mass is 35.5. The van der Waals surface area contributed by atoms with Crippen molar-refractivity contribution in [1.29, 1.82) is 0 Å². The van der Waals surface area contributed by atoms with Crippen LogP contribution in [0.25, 0.3) is 0 Å². The van der Waals surface area contributed by atoms with Crippen molar-refractivity contribution in [3.63, 3.8) is 0 Å². The van der Waals surface area contributed by atoms with Gasteiger partial charge in [0.05, 0.1) is 19.3 Å². The van der Waals surface area contributed by atoms with E-state index in [-0.39, 0.29) is 31.1 Å². The molecule has 0 unspecified atom stereocenters. The van der Waals surface area contributed by atoms with E-state index in [0.29, 0.717) is 26.3 Å². The van der Waals surface area contributed by atoms with Crippen LogP contribution in [0.1, 0.15) is 5.56 Å². The van der Waals surface area contributed by atoms with E-state index in [1.807, 2.05) is 30.3 Å². The van der Waals surface area contributed by atoms with Crippen molar-refractivity contribution < 1.29 is 14.3 Å². The second kappa shape index (κ2) is 7.99. The summed E-state index contributed by atoms with van der Waals surface area (Å²) in [6.45, 7) is 2.23. The summed E-state index contributed by atoms with van der Waals surface area (Å²) in [5, 5.41) is 0. The van der Waals surface area contributed by atoms with Crippen molar-refractivity contribution in [2.45, 2.75) is 12.6 Å². The average Bonchev–Trinajstić information content (AvgIpc) is 2.45. The highest BCUT2D eigenvalue weighted by Crippen LogP contribution is 2.09. The molecule has 0 bridgehead atoms. The van der Waals surface area contributed by atoms with Gasteiger partial charge in [-0.3, -0.25) is 4.90 Å². The zero-order chi connectivity index (χ0) is 12.8. The Morgan fingerprint density at radius 1 is 1.42 bits per heavy atom. The van der Waals surface area contributed by atoms with Crippen LogP contribution < -0.4 is 5.73 Å². The van der Waals surface area contributed by atoms with Gasteiger partial charge in [0.15, 0.2) is 0 Å². The maximum absolute atomic E-state index is 11.9. The maximum atomic E-state index is 11.9. The molecular weight excluding hydrogens is 268 g/mol. The number of amides is 1. The summed E-state index contributed by atoms with van der Waals surface area (Å²) in [6.07, 6.45) is -0.322. The van der Waals surface area contributed by atoms with Crippen LogP contribution in [-0.4, -0.2) is 43.3 Å². The third kappa shape index (κ3) is 4.38. The van der Waals surface area contributed by atoms with E-state index in [1.54, 1.807) is 4.90 Å². The lowest BCUT2D eigenvalue weighted by Crippen LogP contribution is -2.52. The summed E-state index contributed by atoms with van der Waals surface area (Å²) < 4.78 is 10.6. The fourth-order valence-electron chi connectivity index (χ4n) is 1.89. The molecule has 2 rings (SSSR count). The van der Waals surface area contributed by atoms with Crippen LogP contribution in [-0.2, 0) is 16.1 Å². The van der Waals surface area contributed by atoms with Gasteiger partial charge >= 0.3 is 6.09 Å². The number of nitrogens with two attached hydrogens (primary N) is 1. The Morgan fingerprint density at radius 3 is 2.84 bits per heavy atom. The smallest absolute Gasteiger partial charge is 0.410 e. The molecule has 0 saturated carbocycles. The van der Waals surface area contributed by atoms with Crippen molar-refractivity contribution in [2.75, 3.05) is 26.3 Å². The summed E-state index contributed by atoms with van der Waals surface area (Å²) in [5.41, 5.74) is 6.58. The van der Waals surface area contributed by atoms with Gasteiger partial charge in [-0.15, -0.1) is 12.4 Å². The molecule has 1 amide bonds. The number of hydrogen-bond acceptors (Lipinski definition) is 4. The van der Waals surface area contributed by atoms with Crippen LogP contribution in [0.5, 0.6) is 0 Å². The molecule has 6 heteroatoms. The summed E-state index contributed by atoms with van der Waals surface area (Å²) in [6, 6.07) is 9.53. The Morgan fingerprint density at radius 2 is 2.16 bits per heavy atom. The van der Waals surface area contributed by atoms with Gasteiger partial charge in [0.25, 0.3) is 0 Å². The third-order valence-electron chi connectivity index (χ3n) is 2.94. The first-order valence-corrected chi connectivity index (χ1v) is 6.06. The minimum Gasteiger partial charge on any atom is -0.445 e. The molecule has 1 saturated heterocycles. The number of halogens is 1. The summed E-state index contributed by atoms with van der Waals surface area (Å²) in [7, 11) is 0. The van der Waals surface area contributed by atoms with Gasteiger partial charge in [-0.05, 0) is 5.56 Å². The van der Waals surface area contributed by atoms with E-state index in [9.17, 15) is 4.79 Å². The topological polar surface area (TPSA) is 64.8 Å². The maximum Gasteiger partial charge on any atom is 0.410 e. The van der Waals surface area contributed by atoms with Crippen LogP contribution in [0.15, 0.2) is 30.3 Å². The number of morpholine rings is 1. The van der Waals surface area contributed by atoms with Crippen molar-refractivity contribution in [1.82, 2.24) is 4.90 Å². The van der Waals surface area contributed by atoms with Crippen LogP contribution >= 0.6 is 12.4 Å². The number of rotatable bonds is 3. The minimum atomic E-state index is -0.322. The Bertz CT molecular complexity index is 389. The van der Waals surface area contributed by atoms with Crippen molar-refractivity contribution in [3.8, 4) is 0 Å². The molecule has 1 aromatic rings. The molecule has 1 heterocycles. The molecule has 0 spiro atoms. The quantitative estimate of drug-likeness (QED) is 0.912.